The number of H-pyrrole nitrogens is 1. The van der Waals surface area contributed by atoms with Crippen LogP contribution < -0.4 is 5.56 Å². The van der Waals surface area contributed by atoms with Crippen LogP contribution >= 0.6 is 23.6 Å². The molecule has 0 radical (unpaired) electrons. The molecule has 0 aliphatic heterocycles. The molecule has 0 atom stereocenters. The Balaban J connectivity index is 1.72. The quantitative estimate of drug-likeness (QED) is 0.504. The fourth-order valence-electron chi connectivity index (χ4n) is 3.00. The first-order valence-corrected chi connectivity index (χ1v) is 9.67. The Morgan fingerprint density at radius 3 is 2.50 bits per heavy atom. The highest BCUT2D eigenvalue weighted by Gasteiger charge is 2.11. The van der Waals surface area contributed by atoms with Gasteiger partial charge in [-0.2, -0.15) is 0 Å². The van der Waals surface area contributed by atoms with E-state index in [-0.39, 0.29) is 5.56 Å². The van der Waals surface area contributed by atoms with Crippen molar-refractivity contribution >= 4 is 33.8 Å². The third-order valence-corrected chi connectivity index (χ3v) is 5.78. The fraction of sp³-hybridized carbons (Fsp3) is 0.143. The zero-order valence-electron chi connectivity index (χ0n) is 14.4. The maximum absolute atomic E-state index is 13.0. The predicted molar refractivity (Wildman–Crippen MR) is 111 cm³/mol. The summed E-state index contributed by atoms with van der Waals surface area (Å²) in [5.74, 6) is 0. The highest BCUT2D eigenvalue weighted by atomic mass is 32.1. The van der Waals surface area contributed by atoms with E-state index < -0.39 is 0 Å². The van der Waals surface area contributed by atoms with Gasteiger partial charge in [-0.05, 0) is 36.3 Å². The number of aromatic amines is 1. The molecule has 130 valence electrons. The Morgan fingerprint density at radius 1 is 1.04 bits per heavy atom. The molecule has 2 aromatic heterocycles. The molecule has 0 spiro atoms. The van der Waals surface area contributed by atoms with Gasteiger partial charge in [-0.3, -0.25) is 9.36 Å². The van der Waals surface area contributed by atoms with Gasteiger partial charge in [0.15, 0.2) is 4.77 Å². The van der Waals surface area contributed by atoms with Gasteiger partial charge >= 0.3 is 0 Å². The molecule has 2 heterocycles. The van der Waals surface area contributed by atoms with E-state index in [0.29, 0.717) is 16.7 Å². The number of rotatable bonds is 4. The number of aromatic nitrogens is 2. The number of nitrogens with one attached hydrogen (secondary N) is 1. The molecule has 0 bridgehead atoms. The largest absolute Gasteiger partial charge is 0.323 e. The average Bonchev–Trinajstić information content (AvgIpc) is 3.03. The lowest BCUT2D eigenvalue weighted by atomic mass is 10.1. The standard InChI is InChI=1S/C21H18N2OS2/c1-14-7-9-16(10-8-14)13-23-20(24)18-12-17(26-19(18)22-21(23)25)11-15-5-3-2-4-6-15/h2-10,12H,11,13H2,1H3,(H,22,25). The van der Waals surface area contributed by atoms with Gasteiger partial charge in [0, 0.05) is 11.3 Å². The highest BCUT2D eigenvalue weighted by Crippen LogP contribution is 2.24. The van der Waals surface area contributed by atoms with E-state index in [0.717, 1.165) is 21.7 Å². The molecule has 2 aromatic carbocycles. The third kappa shape index (κ3) is 3.41. The van der Waals surface area contributed by atoms with Gasteiger partial charge in [0.1, 0.15) is 4.83 Å². The van der Waals surface area contributed by atoms with Gasteiger partial charge in [-0.15, -0.1) is 11.3 Å². The summed E-state index contributed by atoms with van der Waals surface area (Å²) in [5, 5.41) is 0.710. The second-order valence-corrected chi connectivity index (χ2v) is 7.95. The minimum absolute atomic E-state index is 0.0279. The number of hydrogen-bond donors (Lipinski definition) is 1. The summed E-state index contributed by atoms with van der Waals surface area (Å²) in [5.41, 5.74) is 3.47. The molecule has 0 fully saturated rings. The van der Waals surface area contributed by atoms with Gasteiger partial charge in [0.25, 0.3) is 5.56 Å². The maximum atomic E-state index is 13.0. The molecule has 0 aliphatic rings. The number of fused-ring (bicyclic) bond motifs is 1. The third-order valence-electron chi connectivity index (χ3n) is 4.41. The molecule has 0 saturated carbocycles. The Kier molecular flexibility index (Phi) is 4.57. The zero-order chi connectivity index (χ0) is 18.1. The Bertz CT molecular complexity index is 1170. The first kappa shape index (κ1) is 16.9. The minimum Gasteiger partial charge on any atom is -0.323 e. The Labute approximate surface area is 160 Å². The molecular weight excluding hydrogens is 360 g/mol. The molecule has 5 heteroatoms. The van der Waals surface area contributed by atoms with Crippen LogP contribution in [0.25, 0.3) is 10.2 Å². The SMILES string of the molecule is Cc1ccc(Cn2c(=S)[nH]c3sc(Cc4ccccc4)cc3c2=O)cc1. The molecular formula is C21H18N2OS2. The number of aryl methyl sites for hydroxylation is 1. The molecule has 0 unspecified atom stereocenters. The van der Waals surface area contributed by atoms with Gasteiger partial charge in [0.2, 0.25) is 0 Å². The van der Waals surface area contributed by atoms with Gasteiger partial charge in [-0.1, -0.05) is 60.2 Å². The molecule has 0 saturated heterocycles. The lowest BCUT2D eigenvalue weighted by Gasteiger charge is -2.06. The molecule has 4 aromatic rings. The van der Waals surface area contributed by atoms with E-state index >= 15 is 0 Å². The van der Waals surface area contributed by atoms with Crippen LogP contribution in [0.2, 0.25) is 0 Å². The van der Waals surface area contributed by atoms with Crippen molar-refractivity contribution in [2.45, 2.75) is 19.9 Å². The monoisotopic (exact) mass is 378 g/mol. The van der Waals surface area contributed by atoms with Crippen molar-refractivity contribution < 1.29 is 0 Å². The molecule has 1 N–H and O–H groups in total. The summed E-state index contributed by atoms with van der Waals surface area (Å²) < 4.78 is 2.11. The van der Waals surface area contributed by atoms with Crippen molar-refractivity contribution in [3.05, 3.63) is 97.4 Å². The van der Waals surface area contributed by atoms with Crippen molar-refractivity contribution in [1.82, 2.24) is 9.55 Å². The molecule has 26 heavy (non-hydrogen) atoms. The first-order valence-electron chi connectivity index (χ1n) is 8.45. The molecule has 3 nitrogen and oxygen atoms in total. The van der Waals surface area contributed by atoms with Crippen LogP contribution in [0.1, 0.15) is 21.6 Å². The van der Waals surface area contributed by atoms with Crippen molar-refractivity contribution in [3.8, 4) is 0 Å². The summed E-state index contributed by atoms with van der Waals surface area (Å²) in [7, 11) is 0. The zero-order valence-corrected chi connectivity index (χ0v) is 16.0. The van der Waals surface area contributed by atoms with Crippen molar-refractivity contribution in [2.24, 2.45) is 0 Å². The van der Waals surface area contributed by atoms with E-state index in [1.165, 1.54) is 11.1 Å². The summed E-state index contributed by atoms with van der Waals surface area (Å²) in [6, 6.07) is 20.4. The fourth-order valence-corrected chi connectivity index (χ4v) is 4.40. The number of hydrogen-bond acceptors (Lipinski definition) is 3. The predicted octanol–water partition coefficient (Wildman–Crippen LogP) is 5.07. The molecule has 0 aliphatic carbocycles. The summed E-state index contributed by atoms with van der Waals surface area (Å²) in [6.07, 6.45) is 0.818. The Hall–Kier alpha value is -2.50. The smallest absolute Gasteiger partial charge is 0.263 e. The van der Waals surface area contributed by atoms with Crippen LogP contribution in [-0.2, 0) is 13.0 Å². The normalized spacial score (nSPS) is 11.1. The number of thiophene rings is 1. The average molecular weight is 379 g/mol. The second-order valence-electron chi connectivity index (χ2n) is 6.42. The van der Waals surface area contributed by atoms with Gasteiger partial charge in [-0.25, -0.2) is 0 Å². The van der Waals surface area contributed by atoms with Crippen LogP contribution in [0.15, 0.2) is 65.5 Å². The van der Waals surface area contributed by atoms with Crippen LogP contribution in [0.5, 0.6) is 0 Å². The molecule has 4 rings (SSSR count). The summed E-state index contributed by atoms with van der Waals surface area (Å²) in [4.78, 5) is 18.2. The van der Waals surface area contributed by atoms with Crippen LogP contribution in [-0.4, -0.2) is 9.55 Å². The lowest BCUT2D eigenvalue weighted by Crippen LogP contribution is -2.22. The van der Waals surface area contributed by atoms with E-state index in [1.807, 2.05) is 55.5 Å². The number of benzene rings is 2. The maximum Gasteiger partial charge on any atom is 0.263 e. The Morgan fingerprint density at radius 2 is 1.77 bits per heavy atom. The van der Waals surface area contributed by atoms with Crippen molar-refractivity contribution in [3.63, 3.8) is 0 Å². The van der Waals surface area contributed by atoms with E-state index in [1.54, 1.807) is 15.9 Å². The molecule has 0 amide bonds. The lowest BCUT2D eigenvalue weighted by molar-refractivity contribution is 0.735. The summed E-state index contributed by atoms with van der Waals surface area (Å²) >= 11 is 7.05. The van der Waals surface area contributed by atoms with Gasteiger partial charge < -0.3 is 4.98 Å². The van der Waals surface area contributed by atoms with Gasteiger partial charge in [0.05, 0.1) is 11.9 Å². The van der Waals surface area contributed by atoms with Crippen molar-refractivity contribution in [1.29, 1.82) is 0 Å². The van der Waals surface area contributed by atoms with E-state index in [4.69, 9.17) is 12.2 Å². The van der Waals surface area contributed by atoms with Crippen LogP contribution in [0.4, 0.5) is 0 Å². The van der Waals surface area contributed by atoms with Crippen molar-refractivity contribution in [2.75, 3.05) is 0 Å². The van der Waals surface area contributed by atoms with E-state index in [9.17, 15) is 4.79 Å². The first-order chi connectivity index (χ1) is 12.6. The van der Waals surface area contributed by atoms with E-state index in [2.05, 4.69) is 17.1 Å². The van der Waals surface area contributed by atoms with Crippen LogP contribution in [0, 0.1) is 11.7 Å². The minimum atomic E-state index is -0.0279. The second kappa shape index (κ2) is 7.02. The topological polar surface area (TPSA) is 37.8 Å². The number of nitrogens with zero attached hydrogens (tertiary/aromatic N) is 1. The summed E-state index contributed by atoms with van der Waals surface area (Å²) in [6.45, 7) is 2.53. The van der Waals surface area contributed by atoms with Crippen LogP contribution in [0.3, 0.4) is 0 Å². The highest BCUT2D eigenvalue weighted by molar-refractivity contribution is 7.71.